The predicted molar refractivity (Wildman–Crippen MR) is 57.0 cm³/mol. The maximum absolute atomic E-state index is 5.54. The summed E-state index contributed by atoms with van der Waals surface area (Å²) < 4.78 is 0. The van der Waals surface area contributed by atoms with Gasteiger partial charge in [0.2, 0.25) is 5.95 Å². The Bertz CT molecular complexity index is 322. The van der Waals surface area contributed by atoms with Crippen LogP contribution in [0.5, 0.6) is 0 Å². The summed E-state index contributed by atoms with van der Waals surface area (Å²) >= 11 is 0. The number of nitrogen functional groups attached to an aromatic ring is 1. The average Bonchev–Trinajstić information content (AvgIpc) is 2.99. The van der Waals surface area contributed by atoms with Crippen LogP contribution in [0.1, 0.15) is 19.8 Å². The van der Waals surface area contributed by atoms with Gasteiger partial charge >= 0.3 is 0 Å². The van der Waals surface area contributed by atoms with Gasteiger partial charge in [0.05, 0.1) is 0 Å². The number of anilines is 2. The van der Waals surface area contributed by atoms with E-state index in [1.807, 2.05) is 6.07 Å². The SMILES string of the molecule is CC(C1CC1)N(C)c1ccnc(N)n1. The van der Waals surface area contributed by atoms with Gasteiger partial charge < -0.3 is 10.6 Å². The first-order valence-electron chi connectivity index (χ1n) is 5.00. The van der Waals surface area contributed by atoms with Gasteiger partial charge in [-0.1, -0.05) is 0 Å². The van der Waals surface area contributed by atoms with E-state index in [-0.39, 0.29) is 0 Å². The van der Waals surface area contributed by atoms with Crippen LogP contribution in [-0.2, 0) is 0 Å². The van der Waals surface area contributed by atoms with E-state index in [1.54, 1.807) is 6.20 Å². The Kier molecular flexibility index (Phi) is 2.27. The summed E-state index contributed by atoms with van der Waals surface area (Å²) in [5.74, 6) is 2.09. The van der Waals surface area contributed by atoms with E-state index in [0.717, 1.165) is 11.7 Å². The fraction of sp³-hybridized carbons (Fsp3) is 0.600. The molecular formula is C10H16N4. The normalized spacial score (nSPS) is 17.9. The minimum absolute atomic E-state index is 0.345. The molecule has 1 atom stereocenters. The molecule has 0 spiro atoms. The second-order valence-corrected chi connectivity index (χ2v) is 3.96. The maximum atomic E-state index is 5.54. The van der Waals surface area contributed by atoms with Crippen molar-refractivity contribution in [2.75, 3.05) is 17.7 Å². The first-order valence-corrected chi connectivity index (χ1v) is 5.00. The van der Waals surface area contributed by atoms with Crippen LogP contribution in [0, 0.1) is 5.92 Å². The van der Waals surface area contributed by atoms with E-state index in [1.165, 1.54) is 12.8 Å². The second-order valence-electron chi connectivity index (χ2n) is 3.96. The highest BCUT2D eigenvalue weighted by Gasteiger charge is 2.30. The van der Waals surface area contributed by atoms with E-state index in [0.29, 0.717) is 12.0 Å². The Labute approximate surface area is 84.2 Å². The predicted octanol–water partition coefficient (Wildman–Crippen LogP) is 1.29. The van der Waals surface area contributed by atoms with Gasteiger partial charge in [-0.15, -0.1) is 0 Å². The Balaban J connectivity index is 2.13. The molecule has 1 unspecified atom stereocenters. The van der Waals surface area contributed by atoms with Gasteiger partial charge in [-0.3, -0.25) is 0 Å². The van der Waals surface area contributed by atoms with Crippen LogP contribution in [0.4, 0.5) is 11.8 Å². The lowest BCUT2D eigenvalue weighted by molar-refractivity contribution is 0.604. The molecule has 2 rings (SSSR count). The van der Waals surface area contributed by atoms with Crippen LogP contribution in [0.25, 0.3) is 0 Å². The number of nitrogens with zero attached hydrogens (tertiary/aromatic N) is 3. The Morgan fingerprint density at radius 3 is 2.86 bits per heavy atom. The van der Waals surface area contributed by atoms with E-state index >= 15 is 0 Å². The van der Waals surface area contributed by atoms with E-state index in [9.17, 15) is 0 Å². The van der Waals surface area contributed by atoms with Crippen LogP contribution >= 0.6 is 0 Å². The summed E-state index contributed by atoms with van der Waals surface area (Å²) in [6, 6.07) is 2.44. The molecule has 2 N–H and O–H groups in total. The van der Waals surface area contributed by atoms with Gasteiger partial charge in [0.15, 0.2) is 0 Å². The molecule has 4 heteroatoms. The summed E-state index contributed by atoms with van der Waals surface area (Å²) in [6.45, 7) is 2.23. The Morgan fingerprint density at radius 2 is 2.29 bits per heavy atom. The molecule has 0 aliphatic heterocycles. The fourth-order valence-electron chi connectivity index (χ4n) is 1.66. The summed E-state index contributed by atoms with van der Waals surface area (Å²) in [5.41, 5.74) is 5.54. The molecule has 0 bridgehead atoms. The lowest BCUT2D eigenvalue weighted by atomic mass is 10.2. The summed E-state index contributed by atoms with van der Waals surface area (Å²) in [7, 11) is 2.06. The second kappa shape index (κ2) is 3.44. The van der Waals surface area contributed by atoms with Crippen LogP contribution in [-0.4, -0.2) is 23.1 Å². The standard InChI is InChI=1S/C10H16N4/c1-7(8-3-4-8)14(2)9-5-6-12-10(11)13-9/h5-8H,3-4H2,1-2H3,(H2,11,12,13). The van der Waals surface area contributed by atoms with Gasteiger partial charge in [0.25, 0.3) is 0 Å². The minimum Gasteiger partial charge on any atom is -0.368 e. The zero-order valence-corrected chi connectivity index (χ0v) is 8.64. The summed E-state index contributed by atoms with van der Waals surface area (Å²) in [6.07, 6.45) is 4.38. The van der Waals surface area contributed by atoms with Gasteiger partial charge in [-0.2, -0.15) is 4.98 Å². The number of nitrogens with two attached hydrogens (primary N) is 1. The summed E-state index contributed by atoms with van der Waals surface area (Å²) in [5, 5.41) is 0. The van der Waals surface area contributed by atoms with Crippen molar-refractivity contribution in [1.29, 1.82) is 0 Å². The molecule has 1 heterocycles. The average molecular weight is 192 g/mol. The molecule has 1 aromatic heterocycles. The lowest BCUT2D eigenvalue weighted by Crippen LogP contribution is -2.31. The van der Waals surface area contributed by atoms with Crippen molar-refractivity contribution in [3.05, 3.63) is 12.3 Å². The third kappa shape index (κ3) is 1.78. The minimum atomic E-state index is 0.345. The van der Waals surface area contributed by atoms with Crippen LogP contribution in [0.2, 0.25) is 0 Å². The molecule has 4 nitrogen and oxygen atoms in total. The molecule has 0 amide bonds. The maximum Gasteiger partial charge on any atom is 0.221 e. The Hall–Kier alpha value is -1.32. The molecule has 76 valence electrons. The number of hydrogen-bond donors (Lipinski definition) is 1. The molecule has 14 heavy (non-hydrogen) atoms. The van der Waals surface area contributed by atoms with E-state index in [4.69, 9.17) is 5.73 Å². The van der Waals surface area contributed by atoms with E-state index in [2.05, 4.69) is 28.8 Å². The molecule has 1 aliphatic carbocycles. The molecule has 1 aliphatic rings. The van der Waals surface area contributed by atoms with Crippen molar-refractivity contribution >= 4 is 11.8 Å². The topological polar surface area (TPSA) is 55.0 Å². The molecule has 0 aromatic carbocycles. The number of rotatable bonds is 3. The van der Waals surface area contributed by atoms with Crippen molar-refractivity contribution in [2.24, 2.45) is 5.92 Å². The molecular weight excluding hydrogens is 176 g/mol. The smallest absolute Gasteiger partial charge is 0.221 e. The highest BCUT2D eigenvalue weighted by Crippen LogP contribution is 2.35. The highest BCUT2D eigenvalue weighted by molar-refractivity contribution is 5.41. The monoisotopic (exact) mass is 192 g/mol. The molecule has 1 aromatic rings. The zero-order valence-electron chi connectivity index (χ0n) is 8.64. The number of hydrogen-bond acceptors (Lipinski definition) is 4. The fourth-order valence-corrected chi connectivity index (χ4v) is 1.66. The van der Waals surface area contributed by atoms with Gasteiger partial charge in [-0.05, 0) is 31.7 Å². The van der Waals surface area contributed by atoms with Crippen molar-refractivity contribution < 1.29 is 0 Å². The molecule has 0 saturated heterocycles. The Morgan fingerprint density at radius 1 is 1.57 bits per heavy atom. The van der Waals surface area contributed by atoms with Gasteiger partial charge in [-0.25, -0.2) is 4.98 Å². The van der Waals surface area contributed by atoms with Crippen LogP contribution < -0.4 is 10.6 Å². The number of aromatic nitrogens is 2. The quantitative estimate of drug-likeness (QED) is 0.784. The zero-order chi connectivity index (χ0) is 10.1. The third-order valence-electron chi connectivity index (χ3n) is 2.94. The van der Waals surface area contributed by atoms with Crippen LogP contribution in [0.3, 0.4) is 0 Å². The van der Waals surface area contributed by atoms with Crippen molar-refractivity contribution in [1.82, 2.24) is 9.97 Å². The summed E-state index contributed by atoms with van der Waals surface area (Å²) in [4.78, 5) is 10.3. The molecule has 0 radical (unpaired) electrons. The lowest BCUT2D eigenvalue weighted by Gasteiger charge is -2.25. The van der Waals surface area contributed by atoms with Gasteiger partial charge in [0, 0.05) is 19.3 Å². The van der Waals surface area contributed by atoms with Gasteiger partial charge in [0.1, 0.15) is 5.82 Å². The van der Waals surface area contributed by atoms with Crippen LogP contribution in [0.15, 0.2) is 12.3 Å². The van der Waals surface area contributed by atoms with Crippen molar-refractivity contribution in [2.45, 2.75) is 25.8 Å². The van der Waals surface area contributed by atoms with E-state index < -0.39 is 0 Å². The third-order valence-corrected chi connectivity index (χ3v) is 2.94. The highest BCUT2D eigenvalue weighted by atomic mass is 15.2. The first-order chi connectivity index (χ1) is 6.68. The molecule has 1 fully saturated rings. The largest absolute Gasteiger partial charge is 0.368 e. The van der Waals surface area contributed by atoms with Crippen molar-refractivity contribution in [3.63, 3.8) is 0 Å². The van der Waals surface area contributed by atoms with Crippen molar-refractivity contribution in [3.8, 4) is 0 Å². The first kappa shape index (κ1) is 9.24. The molecule has 1 saturated carbocycles.